The third-order valence-electron chi connectivity index (χ3n) is 9.25. The highest BCUT2D eigenvalue weighted by Gasteiger charge is 2.53. The first kappa shape index (κ1) is 23.0. The molecule has 7 atom stereocenters. The highest BCUT2D eigenvalue weighted by molar-refractivity contribution is 5.82. The molecule has 1 aromatic heterocycles. The summed E-state index contributed by atoms with van der Waals surface area (Å²) in [6.07, 6.45) is 14.9. The minimum absolute atomic E-state index is 0.150. The Labute approximate surface area is 187 Å². The molecule has 1 heterocycles. The Morgan fingerprint density at radius 2 is 1.94 bits per heavy atom. The number of hydrogen-bond acceptors (Lipinski definition) is 4. The van der Waals surface area contributed by atoms with Crippen molar-refractivity contribution in [1.82, 2.24) is 9.78 Å². The molecule has 1 N–H and O–H groups in total. The third kappa shape index (κ3) is 4.93. The van der Waals surface area contributed by atoms with Gasteiger partial charge in [-0.3, -0.25) is 9.48 Å². The molecular weight excluding hydrogens is 388 g/mol. The van der Waals surface area contributed by atoms with Crippen LogP contribution in [0.2, 0.25) is 0 Å². The van der Waals surface area contributed by atoms with Crippen LogP contribution in [0.1, 0.15) is 78.1 Å². The number of aromatic nitrogens is 2. The van der Waals surface area contributed by atoms with Crippen LogP contribution in [0.15, 0.2) is 18.5 Å². The molecule has 4 rings (SSSR count). The van der Waals surface area contributed by atoms with Crippen LogP contribution in [-0.4, -0.2) is 40.0 Å². The Hall–Kier alpha value is -1.20. The predicted molar refractivity (Wildman–Crippen MR) is 121 cm³/mol. The Kier molecular flexibility index (Phi) is 6.93. The standard InChI is InChI=1S/C26H42N2O3/c1-25(30)13-11-21(18-31-3)20(16-25)8-7-19-6-4-12-26(2)22(19)9-10-23(26)24(29)17-28-15-5-14-27-28/h5,14-15,19-23,30H,4,6-13,16-18H2,1-3H3. The van der Waals surface area contributed by atoms with Crippen molar-refractivity contribution in [3.8, 4) is 0 Å². The van der Waals surface area contributed by atoms with Crippen LogP contribution in [0, 0.1) is 35.0 Å². The van der Waals surface area contributed by atoms with Gasteiger partial charge in [0.2, 0.25) is 0 Å². The Bertz CT molecular complexity index is 731. The van der Waals surface area contributed by atoms with Crippen LogP contribution in [-0.2, 0) is 16.1 Å². The second-order valence-electron chi connectivity index (χ2n) is 11.4. The van der Waals surface area contributed by atoms with Gasteiger partial charge in [0, 0.05) is 32.0 Å². The molecular formula is C26H42N2O3. The number of ketones is 1. The van der Waals surface area contributed by atoms with Crippen LogP contribution in [0.25, 0.3) is 0 Å². The molecule has 0 spiro atoms. The van der Waals surface area contributed by atoms with E-state index in [-0.39, 0.29) is 11.3 Å². The van der Waals surface area contributed by atoms with Gasteiger partial charge in [0.1, 0.15) is 0 Å². The molecule has 5 nitrogen and oxygen atoms in total. The van der Waals surface area contributed by atoms with Crippen LogP contribution >= 0.6 is 0 Å². The lowest BCUT2D eigenvalue weighted by molar-refractivity contribution is -0.128. The third-order valence-corrected chi connectivity index (χ3v) is 9.25. The van der Waals surface area contributed by atoms with Gasteiger partial charge in [0.25, 0.3) is 0 Å². The van der Waals surface area contributed by atoms with E-state index in [0.717, 1.165) is 38.2 Å². The molecule has 3 aliphatic carbocycles. The summed E-state index contributed by atoms with van der Waals surface area (Å²) in [5.74, 6) is 3.07. The zero-order valence-corrected chi connectivity index (χ0v) is 19.8. The van der Waals surface area contributed by atoms with Crippen LogP contribution in [0.3, 0.4) is 0 Å². The van der Waals surface area contributed by atoms with E-state index in [2.05, 4.69) is 12.0 Å². The fraction of sp³-hybridized carbons (Fsp3) is 0.846. The topological polar surface area (TPSA) is 64.3 Å². The van der Waals surface area contributed by atoms with Gasteiger partial charge in [-0.1, -0.05) is 19.8 Å². The fourth-order valence-corrected chi connectivity index (χ4v) is 7.65. The summed E-state index contributed by atoms with van der Waals surface area (Å²) >= 11 is 0. The van der Waals surface area contributed by atoms with E-state index in [9.17, 15) is 9.90 Å². The summed E-state index contributed by atoms with van der Waals surface area (Å²) in [6, 6.07) is 1.89. The first-order valence-corrected chi connectivity index (χ1v) is 12.5. The van der Waals surface area contributed by atoms with Gasteiger partial charge in [-0.25, -0.2) is 0 Å². The Morgan fingerprint density at radius 1 is 1.13 bits per heavy atom. The van der Waals surface area contributed by atoms with E-state index in [4.69, 9.17) is 4.74 Å². The number of hydrogen-bond donors (Lipinski definition) is 1. The van der Waals surface area contributed by atoms with Crippen molar-refractivity contribution in [2.75, 3.05) is 13.7 Å². The van der Waals surface area contributed by atoms with Gasteiger partial charge in [-0.2, -0.15) is 5.10 Å². The molecule has 1 aromatic rings. The number of ether oxygens (including phenoxy) is 1. The highest BCUT2D eigenvalue weighted by Crippen LogP contribution is 2.59. The average molecular weight is 431 g/mol. The number of carbonyl (C=O) groups excluding carboxylic acids is 1. The molecule has 0 bridgehead atoms. The molecule has 0 radical (unpaired) electrons. The maximum atomic E-state index is 13.2. The van der Waals surface area contributed by atoms with E-state index in [1.807, 2.05) is 19.2 Å². The van der Waals surface area contributed by atoms with Crippen molar-refractivity contribution in [1.29, 1.82) is 0 Å². The minimum Gasteiger partial charge on any atom is -0.390 e. The number of rotatable bonds is 8. The second-order valence-corrected chi connectivity index (χ2v) is 11.4. The van der Waals surface area contributed by atoms with Crippen molar-refractivity contribution in [2.24, 2.45) is 35.0 Å². The monoisotopic (exact) mass is 430 g/mol. The van der Waals surface area contributed by atoms with Gasteiger partial charge in [0.15, 0.2) is 5.78 Å². The lowest BCUT2D eigenvalue weighted by atomic mass is 9.59. The van der Waals surface area contributed by atoms with Gasteiger partial charge < -0.3 is 9.84 Å². The number of methoxy groups -OCH3 is 1. The summed E-state index contributed by atoms with van der Waals surface area (Å²) < 4.78 is 7.30. The first-order chi connectivity index (χ1) is 14.8. The summed E-state index contributed by atoms with van der Waals surface area (Å²) in [7, 11) is 1.80. The first-order valence-electron chi connectivity index (χ1n) is 12.5. The van der Waals surface area contributed by atoms with Gasteiger partial charge in [-0.15, -0.1) is 0 Å². The predicted octanol–water partition coefficient (Wildman–Crippen LogP) is 4.88. The van der Waals surface area contributed by atoms with Crippen molar-refractivity contribution in [2.45, 2.75) is 90.2 Å². The Balaban J connectivity index is 1.39. The molecule has 0 saturated heterocycles. The van der Waals surface area contributed by atoms with Crippen LogP contribution in [0.4, 0.5) is 0 Å². The number of aliphatic hydroxyl groups is 1. The molecule has 174 valence electrons. The van der Waals surface area contributed by atoms with Crippen molar-refractivity contribution in [3.63, 3.8) is 0 Å². The molecule has 3 saturated carbocycles. The lowest BCUT2D eigenvalue weighted by Crippen LogP contribution is -2.41. The molecule has 3 fully saturated rings. The largest absolute Gasteiger partial charge is 0.390 e. The Morgan fingerprint density at radius 3 is 2.68 bits per heavy atom. The zero-order chi connectivity index (χ0) is 22.1. The molecule has 0 amide bonds. The second kappa shape index (κ2) is 9.35. The molecule has 0 aromatic carbocycles. The molecule has 3 aliphatic rings. The number of Topliss-reactive ketones (excluding diaryl/α,β-unsaturated/α-hetero) is 1. The van der Waals surface area contributed by atoms with Crippen molar-refractivity contribution < 1.29 is 14.6 Å². The highest BCUT2D eigenvalue weighted by atomic mass is 16.5. The number of fused-ring (bicyclic) bond motifs is 1. The normalized spacial score (nSPS) is 40.6. The SMILES string of the molecule is COCC1CCC(C)(O)CC1CCC1CCCC2(C)C(C(=O)Cn3cccn3)CCC12. The number of nitrogens with zero attached hydrogens (tertiary/aromatic N) is 2. The molecule has 31 heavy (non-hydrogen) atoms. The minimum atomic E-state index is -0.520. The van der Waals surface area contributed by atoms with Crippen LogP contribution < -0.4 is 0 Å². The van der Waals surface area contributed by atoms with Crippen molar-refractivity contribution in [3.05, 3.63) is 18.5 Å². The smallest absolute Gasteiger partial charge is 0.157 e. The maximum absolute atomic E-state index is 13.2. The summed E-state index contributed by atoms with van der Waals surface area (Å²) in [6.45, 7) is 5.64. The van der Waals surface area contributed by atoms with E-state index >= 15 is 0 Å². The van der Waals surface area contributed by atoms with Crippen LogP contribution in [0.5, 0.6) is 0 Å². The summed E-state index contributed by atoms with van der Waals surface area (Å²) in [5, 5.41) is 14.9. The van der Waals surface area contributed by atoms with E-state index in [1.165, 1.54) is 38.5 Å². The average Bonchev–Trinajstić information content (AvgIpc) is 3.35. The number of carbonyl (C=O) groups is 1. The van der Waals surface area contributed by atoms with Gasteiger partial charge >= 0.3 is 0 Å². The van der Waals surface area contributed by atoms with Crippen molar-refractivity contribution >= 4 is 5.78 Å². The van der Waals surface area contributed by atoms with E-state index in [0.29, 0.717) is 30.1 Å². The van der Waals surface area contributed by atoms with E-state index < -0.39 is 5.60 Å². The van der Waals surface area contributed by atoms with E-state index in [1.54, 1.807) is 18.0 Å². The molecule has 0 aliphatic heterocycles. The maximum Gasteiger partial charge on any atom is 0.157 e. The summed E-state index contributed by atoms with van der Waals surface area (Å²) in [4.78, 5) is 13.2. The quantitative estimate of drug-likeness (QED) is 0.638. The fourth-order valence-electron chi connectivity index (χ4n) is 7.65. The summed E-state index contributed by atoms with van der Waals surface area (Å²) in [5.41, 5.74) is -0.371. The molecule has 5 heteroatoms. The van der Waals surface area contributed by atoms with Gasteiger partial charge in [-0.05, 0) is 93.4 Å². The van der Waals surface area contributed by atoms with Gasteiger partial charge in [0.05, 0.1) is 12.1 Å². The lowest BCUT2D eigenvalue weighted by Gasteiger charge is -2.46. The zero-order valence-electron chi connectivity index (χ0n) is 19.8. The molecule has 7 unspecified atom stereocenters.